The molecule has 7 nitrogen and oxygen atoms in total. The third kappa shape index (κ3) is 3.82. The van der Waals surface area contributed by atoms with Crippen LogP contribution in [-0.2, 0) is 13.2 Å². The van der Waals surface area contributed by atoms with Gasteiger partial charge in [-0.2, -0.15) is 4.39 Å². The third-order valence-electron chi connectivity index (χ3n) is 3.28. The van der Waals surface area contributed by atoms with Crippen LogP contribution < -0.4 is 4.74 Å². The molecule has 130 valence electrons. The first-order valence-electron chi connectivity index (χ1n) is 7.20. The Bertz CT molecular complexity index is 864. The molecule has 0 aliphatic carbocycles. The Hall–Kier alpha value is -3.23. The number of oxazole rings is 1. The minimum atomic E-state index is -1.10. The van der Waals surface area contributed by atoms with Crippen molar-refractivity contribution in [3.63, 3.8) is 0 Å². The van der Waals surface area contributed by atoms with Crippen LogP contribution in [0.1, 0.15) is 22.1 Å². The zero-order valence-corrected chi connectivity index (χ0v) is 13.1. The van der Waals surface area contributed by atoms with Gasteiger partial charge in [0.2, 0.25) is 11.7 Å². The van der Waals surface area contributed by atoms with Crippen molar-refractivity contribution in [2.75, 3.05) is 7.05 Å². The molecule has 3 aromatic rings. The average molecular weight is 349 g/mol. The Morgan fingerprint density at radius 1 is 1.32 bits per heavy atom. The monoisotopic (exact) mass is 349 g/mol. The van der Waals surface area contributed by atoms with Gasteiger partial charge in [0.05, 0.1) is 6.54 Å². The summed E-state index contributed by atoms with van der Waals surface area (Å²) >= 11 is 0. The van der Waals surface area contributed by atoms with Crippen LogP contribution >= 0.6 is 0 Å². The fraction of sp³-hybridized carbons (Fsp3) is 0.188. The third-order valence-corrected chi connectivity index (χ3v) is 3.28. The van der Waals surface area contributed by atoms with Crippen LogP contribution in [0.3, 0.4) is 0 Å². The van der Waals surface area contributed by atoms with Gasteiger partial charge in [0, 0.05) is 13.1 Å². The zero-order chi connectivity index (χ0) is 17.8. The number of nitrogens with zero attached hydrogens (tertiary/aromatic N) is 3. The van der Waals surface area contributed by atoms with Crippen molar-refractivity contribution in [2.24, 2.45) is 0 Å². The van der Waals surface area contributed by atoms with Gasteiger partial charge in [0.1, 0.15) is 18.2 Å². The molecular formula is C16H13F2N3O4. The molecule has 2 aromatic heterocycles. The van der Waals surface area contributed by atoms with E-state index in [0.29, 0.717) is 5.69 Å². The molecule has 25 heavy (non-hydrogen) atoms. The van der Waals surface area contributed by atoms with Gasteiger partial charge in [-0.25, -0.2) is 9.37 Å². The molecule has 0 bridgehead atoms. The normalized spacial score (nSPS) is 10.7. The number of rotatable bonds is 6. The molecule has 3 rings (SSSR count). The smallest absolute Gasteiger partial charge is 0.275 e. The standard InChI is InChI=1S/C16H13F2N3O4/c1-21(7-10-5-6-25-20-10)16(22)12-8-24-14(19-12)9-23-13-4-2-3-11(17)15(13)18/h2-6,8H,7,9H2,1H3. The van der Waals surface area contributed by atoms with Crippen molar-refractivity contribution in [2.45, 2.75) is 13.2 Å². The summed E-state index contributed by atoms with van der Waals surface area (Å²) < 4.78 is 41.6. The minimum Gasteiger partial charge on any atom is -0.481 e. The highest BCUT2D eigenvalue weighted by Crippen LogP contribution is 2.20. The maximum atomic E-state index is 13.5. The molecule has 0 fully saturated rings. The number of hydrogen-bond acceptors (Lipinski definition) is 6. The van der Waals surface area contributed by atoms with Crippen LogP contribution in [0, 0.1) is 11.6 Å². The number of halogens is 2. The predicted molar refractivity (Wildman–Crippen MR) is 79.5 cm³/mol. The Morgan fingerprint density at radius 3 is 2.92 bits per heavy atom. The predicted octanol–water partition coefficient (Wildman–Crippen LogP) is 2.79. The lowest BCUT2D eigenvalue weighted by Crippen LogP contribution is -2.26. The zero-order valence-electron chi connectivity index (χ0n) is 13.1. The van der Waals surface area contributed by atoms with Gasteiger partial charge in [0.15, 0.2) is 23.9 Å². The molecule has 9 heteroatoms. The highest BCUT2D eigenvalue weighted by molar-refractivity contribution is 5.91. The van der Waals surface area contributed by atoms with Crippen molar-refractivity contribution in [3.05, 3.63) is 65.7 Å². The van der Waals surface area contributed by atoms with E-state index in [0.717, 1.165) is 6.07 Å². The maximum absolute atomic E-state index is 13.5. The van der Waals surface area contributed by atoms with E-state index < -0.39 is 17.5 Å². The van der Waals surface area contributed by atoms with Crippen LogP contribution in [0.5, 0.6) is 5.75 Å². The van der Waals surface area contributed by atoms with E-state index in [1.807, 2.05) is 0 Å². The van der Waals surface area contributed by atoms with E-state index in [9.17, 15) is 13.6 Å². The lowest BCUT2D eigenvalue weighted by Gasteiger charge is -2.13. The summed E-state index contributed by atoms with van der Waals surface area (Å²) in [4.78, 5) is 17.6. The van der Waals surface area contributed by atoms with E-state index in [1.54, 1.807) is 13.1 Å². The summed E-state index contributed by atoms with van der Waals surface area (Å²) in [6, 6.07) is 5.21. The highest BCUT2D eigenvalue weighted by atomic mass is 19.2. The lowest BCUT2D eigenvalue weighted by atomic mass is 10.3. The van der Waals surface area contributed by atoms with Crippen molar-refractivity contribution in [1.82, 2.24) is 15.0 Å². The molecule has 0 saturated carbocycles. The fourth-order valence-corrected chi connectivity index (χ4v) is 2.04. The van der Waals surface area contributed by atoms with E-state index in [2.05, 4.69) is 10.1 Å². The van der Waals surface area contributed by atoms with Gasteiger partial charge in [-0.1, -0.05) is 11.2 Å². The number of benzene rings is 1. The van der Waals surface area contributed by atoms with Crippen LogP contribution in [0.15, 0.2) is 45.7 Å². The highest BCUT2D eigenvalue weighted by Gasteiger charge is 2.18. The van der Waals surface area contributed by atoms with E-state index >= 15 is 0 Å². The average Bonchev–Trinajstić information content (AvgIpc) is 3.27. The SMILES string of the molecule is CN(Cc1ccon1)C(=O)c1coc(COc2cccc(F)c2F)n1. The lowest BCUT2D eigenvalue weighted by molar-refractivity contribution is 0.0776. The topological polar surface area (TPSA) is 81.6 Å². The summed E-state index contributed by atoms with van der Waals surface area (Å²) in [5, 5.41) is 3.72. The summed E-state index contributed by atoms with van der Waals surface area (Å²) in [5.41, 5.74) is 0.647. The Kier molecular flexibility index (Phi) is 4.73. The van der Waals surface area contributed by atoms with Gasteiger partial charge in [-0.15, -0.1) is 0 Å². The number of ether oxygens (including phenoxy) is 1. The van der Waals surface area contributed by atoms with Crippen LogP contribution in [0.25, 0.3) is 0 Å². The molecule has 1 aromatic carbocycles. The molecule has 0 saturated heterocycles. The Morgan fingerprint density at radius 2 is 2.16 bits per heavy atom. The molecule has 0 aliphatic rings. The first-order valence-corrected chi connectivity index (χ1v) is 7.20. The summed E-state index contributed by atoms with van der Waals surface area (Å²) in [6.45, 7) is -0.0107. The maximum Gasteiger partial charge on any atom is 0.275 e. The molecule has 0 atom stereocenters. The van der Waals surface area contributed by atoms with Crippen molar-refractivity contribution < 1.29 is 27.3 Å². The minimum absolute atomic E-state index is 0.0573. The molecule has 0 aliphatic heterocycles. The van der Waals surface area contributed by atoms with Gasteiger partial charge in [-0.05, 0) is 12.1 Å². The first kappa shape index (κ1) is 16.6. The van der Waals surface area contributed by atoms with Crippen molar-refractivity contribution >= 4 is 5.91 Å². The van der Waals surface area contributed by atoms with E-state index in [-0.39, 0.29) is 30.5 Å². The van der Waals surface area contributed by atoms with Gasteiger partial charge in [-0.3, -0.25) is 4.79 Å². The number of hydrogen-bond donors (Lipinski definition) is 0. The second kappa shape index (κ2) is 7.12. The Labute approximate surface area is 140 Å². The second-order valence-electron chi connectivity index (χ2n) is 5.12. The number of amides is 1. The molecule has 0 N–H and O–H groups in total. The van der Waals surface area contributed by atoms with Crippen molar-refractivity contribution in [1.29, 1.82) is 0 Å². The van der Waals surface area contributed by atoms with E-state index in [4.69, 9.17) is 13.7 Å². The van der Waals surface area contributed by atoms with Crippen molar-refractivity contribution in [3.8, 4) is 5.75 Å². The van der Waals surface area contributed by atoms with E-state index in [1.165, 1.54) is 29.6 Å². The summed E-state index contributed by atoms with van der Waals surface area (Å²) in [6.07, 6.45) is 2.58. The Balaban J connectivity index is 1.61. The summed E-state index contributed by atoms with van der Waals surface area (Å²) in [7, 11) is 1.57. The number of carbonyl (C=O) groups excluding carboxylic acids is 1. The number of carbonyl (C=O) groups is 1. The van der Waals surface area contributed by atoms with Crippen LogP contribution in [-0.4, -0.2) is 28.0 Å². The first-order chi connectivity index (χ1) is 12.0. The molecule has 0 unspecified atom stereocenters. The quantitative estimate of drug-likeness (QED) is 0.681. The second-order valence-corrected chi connectivity index (χ2v) is 5.12. The van der Waals surface area contributed by atoms with Gasteiger partial charge < -0.3 is 18.6 Å². The summed E-state index contributed by atoms with van der Waals surface area (Å²) in [5.74, 6) is -2.72. The molecule has 0 spiro atoms. The molecule has 1 amide bonds. The largest absolute Gasteiger partial charge is 0.481 e. The fourth-order valence-electron chi connectivity index (χ4n) is 2.04. The molecule has 0 radical (unpaired) electrons. The van der Waals surface area contributed by atoms with Gasteiger partial charge >= 0.3 is 0 Å². The van der Waals surface area contributed by atoms with Crippen LogP contribution in [0.2, 0.25) is 0 Å². The molecule has 2 heterocycles. The molecular weight excluding hydrogens is 336 g/mol. The number of aromatic nitrogens is 2. The van der Waals surface area contributed by atoms with Gasteiger partial charge in [0.25, 0.3) is 5.91 Å². The van der Waals surface area contributed by atoms with Crippen LogP contribution in [0.4, 0.5) is 8.78 Å².